The molecule has 6 nitrogen and oxygen atoms in total. The zero-order valence-electron chi connectivity index (χ0n) is 12.9. The van der Waals surface area contributed by atoms with Crippen molar-refractivity contribution in [2.24, 2.45) is 0 Å². The minimum absolute atomic E-state index is 0.00477. The average Bonchev–Trinajstić information content (AvgIpc) is 3.04. The number of nitrogens with zero attached hydrogens (tertiary/aromatic N) is 2. The van der Waals surface area contributed by atoms with Crippen molar-refractivity contribution in [2.75, 3.05) is 0 Å². The van der Waals surface area contributed by atoms with E-state index >= 15 is 0 Å². The van der Waals surface area contributed by atoms with Crippen molar-refractivity contribution in [1.82, 2.24) is 10.2 Å². The number of rotatable bonds is 5. The van der Waals surface area contributed by atoms with Gasteiger partial charge in [0.1, 0.15) is 5.75 Å². The van der Waals surface area contributed by atoms with Gasteiger partial charge < -0.3 is 14.3 Å². The highest BCUT2D eigenvalue weighted by Gasteiger charge is 2.23. The molecule has 0 radical (unpaired) electrons. The minimum Gasteiger partial charge on any atom is -0.478 e. The lowest BCUT2D eigenvalue weighted by Gasteiger charge is -2.12. The van der Waals surface area contributed by atoms with E-state index in [2.05, 4.69) is 14.9 Å². The quantitative estimate of drug-likeness (QED) is 0.749. The Morgan fingerprint density at radius 3 is 2.32 bits per heavy atom. The number of alkyl halides is 2. The second kappa shape index (κ2) is 6.31. The number of halogens is 2. The van der Waals surface area contributed by atoms with Gasteiger partial charge in [0.25, 0.3) is 0 Å². The van der Waals surface area contributed by atoms with E-state index in [0.717, 1.165) is 0 Å². The van der Waals surface area contributed by atoms with Crippen molar-refractivity contribution < 1.29 is 27.8 Å². The molecule has 0 bridgehead atoms. The van der Waals surface area contributed by atoms with Crippen LogP contribution in [0, 0.1) is 0 Å². The Morgan fingerprint density at radius 1 is 1.08 bits per heavy atom. The zero-order chi connectivity index (χ0) is 18.0. The molecule has 2 aromatic carbocycles. The summed E-state index contributed by atoms with van der Waals surface area (Å²) in [5, 5.41) is 16.8. The summed E-state index contributed by atoms with van der Waals surface area (Å²) in [5.74, 6) is -0.737. The first kappa shape index (κ1) is 16.6. The lowest BCUT2D eigenvalue weighted by molar-refractivity contribution is -0.158. The van der Waals surface area contributed by atoms with Crippen LogP contribution in [0.25, 0.3) is 22.9 Å². The van der Waals surface area contributed by atoms with Gasteiger partial charge in [0.15, 0.2) is 0 Å². The number of ether oxygens (including phenoxy) is 1. The van der Waals surface area contributed by atoms with E-state index in [4.69, 9.17) is 9.52 Å². The Labute approximate surface area is 140 Å². The van der Waals surface area contributed by atoms with Crippen molar-refractivity contribution in [2.45, 2.75) is 13.0 Å². The zero-order valence-corrected chi connectivity index (χ0v) is 12.9. The first-order chi connectivity index (χ1) is 11.8. The highest BCUT2D eigenvalue weighted by atomic mass is 19.3. The molecule has 0 aliphatic carbocycles. The summed E-state index contributed by atoms with van der Waals surface area (Å²) in [4.78, 5) is 11.0. The smallest absolute Gasteiger partial charge is 0.394 e. The van der Waals surface area contributed by atoms with E-state index < -0.39 is 12.1 Å². The Bertz CT molecular complexity index is 902. The van der Waals surface area contributed by atoms with Crippen LogP contribution in [0.4, 0.5) is 8.78 Å². The number of carboxylic acids is 1. The van der Waals surface area contributed by atoms with Crippen LogP contribution in [0.5, 0.6) is 5.75 Å². The topological polar surface area (TPSA) is 85.5 Å². The molecule has 25 heavy (non-hydrogen) atoms. The summed E-state index contributed by atoms with van der Waals surface area (Å²) in [6.07, 6.45) is -3.27. The highest BCUT2D eigenvalue weighted by Crippen LogP contribution is 2.27. The van der Waals surface area contributed by atoms with Crippen molar-refractivity contribution in [3.8, 4) is 28.7 Å². The fraction of sp³-hybridized carbons (Fsp3) is 0.118. The average molecular weight is 346 g/mol. The monoisotopic (exact) mass is 346 g/mol. The Balaban J connectivity index is 1.84. The number of aromatic carboxylic acids is 1. The molecule has 1 heterocycles. The summed E-state index contributed by atoms with van der Waals surface area (Å²) >= 11 is 0. The van der Waals surface area contributed by atoms with Gasteiger partial charge in [-0.05, 0) is 42.5 Å². The predicted molar refractivity (Wildman–Crippen MR) is 83.4 cm³/mol. The van der Waals surface area contributed by atoms with Crippen LogP contribution in [-0.4, -0.2) is 27.4 Å². The molecule has 0 aliphatic rings. The minimum atomic E-state index is -3.27. The molecule has 3 aromatic rings. The number of carboxylic acid groups (broad SMARTS) is 1. The van der Waals surface area contributed by atoms with Gasteiger partial charge in [-0.15, -0.1) is 10.2 Å². The molecule has 0 atom stereocenters. The first-order valence-corrected chi connectivity index (χ1v) is 7.16. The molecule has 3 rings (SSSR count). The van der Waals surface area contributed by atoms with Gasteiger partial charge in [0.2, 0.25) is 11.8 Å². The third-order valence-electron chi connectivity index (χ3n) is 3.18. The number of aromatic nitrogens is 2. The standard InChI is InChI=1S/C17H12F2N2O4/c1-17(18,19)25-13-7-5-10(6-8-13)14-20-21-15(24-14)11-3-2-4-12(9-11)16(22)23/h2-9H,1H3,(H,22,23). The Morgan fingerprint density at radius 2 is 1.72 bits per heavy atom. The summed E-state index contributed by atoms with van der Waals surface area (Å²) in [5.41, 5.74) is 1.07. The lowest BCUT2D eigenvalue weighted by Crippen LogP contribution is -2.18. The lowest BCUT2D eigenvalue weighted by atomic mass is 10.1. The Kier molecular flexibility index (Phi) is 4.18. The molecule has 0 amide bonds. The van der Waals surface area contributed by atoms with E-state index in [1.165, 1.54) is 36.4 Å². The van der Waals surface area contributed by atoms with Gasteiger partial charge in [0.05, 0.1) is 5.56 Å². The van der Waals surface area contributed by atoms with Crippen molar-refractivity contribution >= 4 is 5.97 Å². The van der Waals surface area contributed by atoms with Crippen LogP contribution in [0.15, 0.2) is 52.9 Å². The van der Waals surface area contributed by atoms with E-state index in [1.54, 1.807) is 12.1 Å². The molecular formula is C17H12F2N2O4. The first-order valence-electron chi connectivity index (χ1n) is 7.16. The SMILES string of the molecule is CC(F)(F)Oc1ccc(-c2nnc(-c3cccc(C(=O)O)c3)o2)cc1. The Hall–Kier alpha value is -3.29. The van der Waals surface area contributed by atoms with Gasteiger partial charge in [0, 0.05) is 18.1 Å². The van der Waals surface area contributed by atoms with Gasteiger partial charge in [-0.25, -0.2) is 4.79 Å². The van der Waals surface area contributed by atoms with E-state index in [-0.39, 0.29) is 23.1 Å². The van der Waals surface area contributed by atoms with Crippen LogP contribution < -0.4 is 4.74 Å². The molecule has 1 aromatic heterocycles. The fourth-order valence-electron chi connectivity index (χ4n) is 2.11. The number of hydrogen-bond donors (Lipinski definition) is 1. The number of carbonyl (C=O) groups is 1. The fourth-order valence-corrected chi connectivity index (χ4v) is 2.11. The maximum atomic E-state index is 12.8. The van der Waals surface area contributed by atoms with Crippen LogP contribution in [0.3, 0.4) is 0 Å². The molecule has 0 saturated carbocycles. The van der Waals surface area contributed by atoms with E-state index in [9.17, 15) is 13.6 Å². The molecule has 0 fully saturated rings. The highest BCUT2D eigenvalue weighted by molar-refractivity contribution is 5.88. The third kappa shape index (κ3) is 3.97. The molecule has 1 N–H and O–H groups in total. The van der Waals surface area contributed by atoms with Crippen LogP contribution >= 0.6 is 0 Å². The third-order valence-corrected chi connectivity index (χ3v) is 3.18. The molecule has 0 aliphatic heterocycles. The summed E-state index contributed by atoms with van der Waals surface area (Å²) in [6.45, 7) is 0.649. The molecular weight excluding hydrogens is 334 g/mol. The maximum Gasteiger partial charge on any atom is 0.394 e. The molecule has 0 unspecified atom stereocenters. The normalized spacial score (nSPS) is 11.3. The van der Waals surface area contributed by atoms with Crippen molar-refractivity contribution in [3.05, 3.63) is 54.1 Å². The van der Waals surface area contributed by atoms with Crippen LogP contribution in [0.1, 0.15) is 17.3 Å². The van der Waals surface area contributed by atoms with Crippen molar-refractivity contribution in [1.29, 1.82) is 0 Å². The largest absolute Gasteiger partial charge is 0.478 e. The molecule has 128 valence electrons. The predicted octanol–water partition coefficient (Wildman–Crippen LogP) is 4.09. The maximum absolute atomic E-state index is 12.8. The van der Waals surface area contributed by atoms with Gasteiger partial charge in [-0.2, -0.15) is 8.78 Å². The summed E-state index contributed by atoms with van der Waals surface area (Å²) in [6, 6.07) is 11.8. The van der Waals surface area contributed by atoms with Gasteiger partial charge >= 0.3 is 12.1 Å². The van der Waals surface area contributed by atoms with Crippen LogP contribution in [-0.2, 0) is 0 Å². The van der Waals surface area contributed by atoms with E-state index in [0.29, 0.717) is 18.1 Å². The van der Waals surface area contributed by atoms with Gasteiger partial charge in [-0.3, -0.25) is 0 Å². The van der Waals surface area contributed by atoms with Crippen LogP contribution in [0.2, 0.25) is 0 Å². The van der Waals surface area contributed by atoms with Gasteiger partial charge in [-0.1, -0.05) is 6.07 Å². The summed E-state index contributed by atoms with van der Waals surface area (Å²) < 4.78 is 35.6. The second-order valence-electron chi connectivity index (χ2n) is 5.23. The molecule has 0 spiro atoms. The van der Waals surface area contributed by atoms with E-state index in [1.807, 2.05) is 0 Å². The second-order valence-corrected chi connectivity index (χ2v) is 5.23. The summed E-state index contributed by atoms with van der Waals surface area (Å²) in [7, 11) is 0. The molecule has 8 heteroatoms. The molecule has 0 saturated heterocycles. The number of hydrogen-bond acceptors (Lipinski definition) is 5. The number of benzene rings is 2. The van der Waals surface area contributed by atoms with Crippen molar-refractivity contribution in [3.63, 3.8) is 0 Å².